The van der Waals surface area contributed by atoms with E-state index in [1.165, 1.54) is 17.4 Å². The molecule has 1 aromatic carbocycles. The van der Waals surface area contributed by atoms with Crippen LogP contribution in [0.15, 0.2) is 53.9 Å². The Morgan fingerprint density at radius 2 is 1.92 bits per heavy atom. The normalized spacial score (nSPS) is 11.7. The third kappa shape index (κ3) is 5.89. The molecule has 0 radical (unpaired) electrons. The van der Waals surface area contributed by atoms with E-state index >= 15 is 0 Å². The molecule has 25 heavy (non-hydrogen) atoms. The summed E-state index contributed by atoms with van der Waals surface area (Å²) in [6.45, 7) is 2.10. The Bertz CT molecular complexity index is 742. The maximum absolute atomic E-state index is 12.3. The van der Waals surface area contributed by atoms with Gasteiger partial charge in [-0.2, -0.15) is 0 Å². The predicted molar refractivity (Wildman–Crippen MR) is 95.8 cm³/mol. The van der Waals surface area contributed by atoms with Gasteiger partial charge in [0, 0.05) is 23.1 Å². The second-order valence-electron chi connectivity index (χ2n) is 4.93. The van der Waals surface area contributed by atoms with Gasteiger partial charge >= 0.3 is 12.0 Å². The number of hydrogen-bond acceptors (Lipinski definition) is 5. The van der Waals surface area contributed by atoms with E-state index in [1.807, 2.05) is 17.5 Å². The van der Waals surface area contributed by atoms with E-state index in [0.29, 0.717) is 12.1 Å². The molecule has 0 saturated carbocycles. The molecule has 0 saturated heterocycles. The first kappa shape index (κ1) is 18.4. The van der Waals surface area contributed by atoms with Gasteiger partial charge in [-0.15, -0.1) is 11.3 Å². The molecule has 1 heterocycles. The molecule has 0 unspecified atom stereocenters. The maximum atomic E-state index is 12.3. The lowest BCUT2D eigenvalue weighted by molar-refractivity contribution is -0.151. The van der Waals surface area contributed by atoms with E-state index in [0.717, 1.165) is 4.88 Å². The van der Waals surface area contributed by atoms with Crippen LogP contribution in [0.3, 0.4) is 0 Å². The van der Waals surface area contributed by atoms with Crippen LogP contribution in [-0.4, -0.2) is 24.5 Å². The maximum Gasteiger partial charge on any atom is 0.331 e. The molecule has 0 spiro atoms. The average Bonchev–Trinajstić information content (AvgIpc) is 3.12. The minimum atomic E-state index is -1.22. The molecule has 0 fully saturated rings. The van der Waals surface area contributed by atoms with Crippen LogP contribution < -0.4 is 10.6 Å². The lowest BCUT2D eigenvalue weighted by Crippen LogP contribution is -2.42. The van der Waals surface area contributed by atoms with Gasteiger partial charge in [0.2, 0.25) is 6.10 Å². The number of carbonyl (C=O) groups is 3. The smallest absolute Gasteiger partial charge is 0.331 e. The molecule has 0 aliphatic heterocycles. The van der Waals surface area contributed by atoms with Crippen LogP contribution >= 0.6 is 11.3 Å². The number of amides is 3. The number of esters is 1. The van der Waals surface area contributed by atoms with Gasteiger partial charge in [0.05, 0.1) is 0 Å². The lowest BCUT2D eigenvalue weighted by atomic mass is 10.1. The van der Waals surface area contributed by atoms with Gasteiger partial charge in [0.1, 0.15) is 0 Å². The molecule has 1 atom stereocenters. The SMILES string of the molecule is CCNC(=O)NC(=O)[C@@H](OC(=O)/C=C/c1cccs1)c1ccccc1. The van der Waals surface area contributed by atoms with Crippen molar-refractivity contribution in [3.8, 4) is 0 Å². The van der Waals surface area contributed by atoms with Gasteiger partial charge in [-0.1, -0.05) is 36.4 Å². The molecule has 130 valence electrons. The first-order chi connectivity index (χ1) is 12.1. The molecule has 0 aliphatic carbocycles. The number of benzene rings is 1. The Kier molecular flexibility index (Phi) is 6.91. The van der Waals surface area contributed by atoms with Gasteiger partial charge in [-0.05, 0) is 24.4 Å². The monoisotopic (exact) mass is 358 g/mol. The van der Waals surface area contributed by atoms with Gasteiger partial charge in [-0.25, -0.2) is 9.59 Å². The minimum Gasteiger partial charge on any atom is -0.444 e. The summed E-state index contributed by atoms with van der Waals surface area (Å²) in [6.07, 6.45) is 1.64. The summed E-state index contributed by atoms with van der Waals surface area (Å²) in [4.78, 5) is 36.8. The first-order valence-electron chi connectivity index (χ1n) is 7.66. The fourth-order valence-electron chi connectivity index (χ4n) is 1.97. The number of nitrogens with one attached hydrogen (secondary N) is 2. The van der Waals surface area contributed by atoms with Gasteiger partial charge in [-0.3, -0.25) is 10.1 Å². The Labute approximate surface area is 149 Å². The van der Waals surface area contributed by atoms with E-state index in [4.69, 9.17) is 4.74 Å². The van der Waals surface area contributed by atoms with Crippen LogP contribution in [0.2, 0.25) is 0 Å². The van der Waals surface area contributed by atoms with Gasteiger partial charge < -0.3 is 10.1 Å². The lowest BCUT2D eigenvalue weighted by Gasteiger charge is -2.16. The molecule has 6 nitrogen and oxygen atoms in total. The highest BCUT2D eigenvalue weighted by Gasteiger charge is 2.25. The molecular weight excluding hydrogens is 340 g/mol. The van der Waals surface area contributed by atoms with Crippen molar-refractivity contribution in [2.24, 2.45) is 0 Å². The number of carbonyl (C=O) groups excluding carboxylic acids is 3. The molecule has 1 aromatic heterocycles. The number of thiophene rings is 1. The van der Waals surface area contributed by atoms with Crippen molar-refractivity contribution in [3.05, 3.63) is 64.4 Å². The highest BCUT2D eigenvalue weighted by Crippen LogP contribution is 2.18. The Hall–Kier alpha value is -2.93. The molecule has 2 N–H and O–H groups in total. The minimum absolute atomic E-state index is 0.373. The third-order valence-electron chi connectivity index (χ3n) is 3.08. The van der Waals surface area contributed by atoms with Crippen molar-refractivity contribution in [3.63, 3.8) is 0 Å². The highest BCUT2D eigenvalue weighted by atomic mass is 32.1. The van der Waals surface area contributed by atoms with Crippen molar-refractivity contribution >= 4 is 35.3 Å². The van der Waals surface area contributed by atoms with Crippen molar-refractivity contribution in [2.45, 2.75) is 13.0 Å². The number of imide groups is 1. The molecule has 3 amide bonds. The van der Waals surface area contributed by atoms with E-state index in [9.17, 15) is 14.4 Å². The number of ether oxygens (including phenoxy) is 1. The summed E-state index contributed by atoms with van der Waals surface area (Å²) in [5.74, 6) is -1.39. The van der Waals surface area contributed by atoms with Crippen LogP contribution in [-0.2, 0) is 14.3 Å². The third-order valence-corrected chi connectivity index (χ3v) is 3.91. The summed E-state index contributed by atoms with van der Waals surface area (Å²) in [5, 5.41) is 6.51. The zero-order chi connectivity index (χ0) is 18.1. The topological polar surface area (TPSA) is 84.5 Å². The summed E-state index contributed by atoms with van der Waals surface area (Å²) >= 11 is 1.47. The van der Waals surface area contributed by atoms with E-state index < -0.39 is 24.0 Å². The Morgan fingerprint density at radius 1 is 1.16 bits per heavy atom. The Balaban J connectivity index is 2.10. The van der Waals surface area contributed by atoms with Crippen molar-refractivity contribution < 1.29 is 19.1 Å². The zero-order valence-electron chi connectivity index (χ0n) is 13.6. The average molecular weight is 358 g/mol. The zero-order valence-corrected chi connectivity index (χ0v) is 14.4. The van der Waals surface area contributed by atoms with Crippen molar-refractivity contribution in [1.29, 1.82) is 0 Å². The summed E-state index contributed by atoms with van der Waals surface area (Å²) in [7, 11) is 0. The quantitative estimate of drug-likeness (QED) is 0.614. The molecule has 7 heteroatoms. The van der Waals surface area contributed by atoms with Gasteiger partial charge in [0.25, 0.3) is 5.91 Å². The summed E-state index contributed by atoms with van der Waals surface area (Å²) < 4.78 is 5.26. The number of rotatable bonds is 6. The molecule has 2 aromatic rings. The largest absolute Gasteiger partial charge is 0.444 e. The van der Waals surface area contributed by atoms with Crippen LogP contribution in [0.25, 0.3) is 6.08 Å². The van der Waals surface area contributed by atoms with Crippen molar-refractivity contribution in [2.75, 3.05) is 6.54 Å². The van der Waals surface area contributed by atoms with Crippen molar-refractivity contribution in [1.82, 2.24) is 10.6 Å². The summed E-state index contributed by atoms with van der Waals surface area (Å²) in [5.41, 5.74) is 0.474. The Morgan fingerprint density at radius 3 is 2.56 bits per heavy atom. The molecule has 0 bridgehead atoms. The fraction of sp³-hybridized carbons (Fsp3) is 0.167. The number of hydrogen-bond donors (Lipinski definition) is 2. The second kappa shape index (κ2) is 9.39. The van der Waals surface area contributed by atoms with E-state index in [2.05, 4.69) is 10.6 Å². The van der Waals surface area contributed by atoms with Gasteiger partial charge in [0.15, 0.2) is 0 Å². The predicted octanol–water partition coefficient (Wildman–Crippen LogP) is 2.89. The molecular formula is C18H18N2O4S. The molecule has 2 rings (SSSR count). The van der Waals surface area contributed by atoms with E-state index in [1.54, 1.807) is 43.3 Å². The van der Waals surface area contributed by atoms with Crippen LogP contribution in [0.1, 0.15) is 23.5 Å². The number of urea groups is 1. The fourth-order valence-corrected chi connectivity index (χ4v) is 2.59. The second-order valence-corrected chi connectivity index (χ2v) is 5.90. The van der Waals surface area contributed by atoms with Crippen LogP contribution in [0.5, 0.6) is 0 Å². The first-order valence-corrected chi connectivity index (χ1v) is 8.54. The van der Waals surface area contributed by atoms with Crippen LogP contribution in [0, 0.1) is 0 Å². The standard InChI is InChI=1S/C18H18N2O4S/c1-2-19-18(23)20-17(22)16(13-7-4-3-5-8-13)24-15(21)11-10-14-9-6-12-25-14/h3-12,16H,2H2,1H3,(H2,19,20,22,23)/b11-10+/t16-/m0/s1. The highest BCUT2D eigenvalue weighted by molar-refractivity contribution is 7.10. The molecule has 0 aliphatic rings. The summed E-state index contributed by atoms with van der Waals surface area (Å²) in [6, 6.07) is 11.6. The van der Waals surface area contributed by atoms with Crippen LogP contribution in [0.4, 0.5) is 4.79 Å². The van der Waals surface area contributed by atoms with E-state index in [-0.39, 0.29) is 0 Å².